The molecule has 0 amide bonds. The highest BCUT2D eigenvalue weighted by molar-refractivity contribution is 8.00. The number of pyridine rings is 1. The summed E-state index contributed by atoms with van der Waals surface area (Å²) in [6.45, 7) is 2.73. The zero-order chi connectivity index (χ0) is 14.3. The number of anilines is 1. The van der Waals surface area contributed by atoms with Gasteiger partial charge in [-0.1, -0.05) is 18.7 Å². The monoisotopic (exact) mass is 285 g/mol. The van der Waals surface area contributed by atoms with Crippen LogP contribution < -0.4 is 5.32 Å². The van der Waals surface area contributed by atoms with E-state index in [-0.39, 0.29) is 16.5 Å². The summed E-state index contributed by atoms with van der Waals surface area (Å²) in [6, 6.07) is 2.93. The molecule has 1 heterocycles. The van der Waals surface area contributed by atoms with Gasteiger partial charge in [-0.05, 0) is 12.5 Å². The van der Waals surface area contributed by atoms with E-state index in [1.807, 2.05) is 6.92 Å². The van der Waals surface area contributed by atoms with Crippen LogP contribution in [0.1, 0.15) is 13.3 Å². The minimum atomic E-state index is -0.518. The fourth-order valence-electron chi connectivity index (χ4n) is 1.22. The van der Waals surface area contributed by atoms with E-state index in [4.69, 9.17) is 0 Å². The molecule has 0 aliphatic carbocycles. The van der Waals surface area contributed by atoms with Gasteiger partial charge in [0.05, 0.1) is 17.8 Å². The molecule has 0 aromatic carbocycles. The molecule has 104 valence electrons. The third kappa shape index (κ3) is 4.74. The maximum atomic E-state index is 11.1. The number of esters is 1. The van der Waals surface area contributed by atoms with Gasteiger partial charge in [-0.2, -0.15) is 0 Å². The van der Waals surface area contributed by atoms with E-state index in [0.29, 0.717) is 5.82 Å². The lowest BCUT2D eigenvalue weighted by Gasteiger charge is -2.06. The fourth-order valence-corrected chi connectivity index (χ4v) is 2.04. The second kappa shape index (κ2) is 7.57. The molecule has 0 spiro atoms. The van der Waals surface area contributed by atoms with E-state index in [2.05, 4.69) is 15.0 Å². The number of nitrogens with one attached hydrogen (secondary N) is 1. The van der Waals surface area contributed by atoms with E-state index in [1.165, 1.54) is 13.2 Å². The number of hydrogen-bond acceptors (Lipinski definition) is 7. The van der Waals surface area contributed by atoms with Crippen molar-refractivity contribution in [2.75, 3.05) is 24.7 Å². The number of hydrogen-bond donors (Lipinski definition) is 1. The molecule has 7 nitrogen and oxygen atoms in total. The molecule has 0 unspecified atom stereocenters. The van der Waals surface area contributed by atoms with Crippen LogP contribution in [-0.4, -0.2) is 35.3 Å². The average Bonchev–Trinajstić information content (AvgIpc) is 2.42. The molecule has 1 aromatic heterocycles. The van der Waals surface area contributed by atoms with Crippen LogP contribution in [-0.2, 0) is 9.53 Å². The van der Waals surface area contributed by atoms with Crippen LogP contribution in [0.2, 0.25) is 0 Å². The minimum absolute atomic E-state index is 0.0123. The summed E-state index contributed by atoms with van der Waals surface area (Å²) in [7, 11) is 1.27. The normalized spacial score (nSPS) is 10.0. The number of nitrogens with zero attached hydrogens (tertiary/aromatic N) is 2. The Hall–Kier alpha value is -1.83. The van der Waals surface area contributed by atoms with Crippen LogP contribution in [0.4, 0.5) is 11.5 Å². The first-order valence-corrected chi connectivity index (χ1v) is 6.66. The van der Waals surface area contributed by atoms with Gasteiger partial charge in [-0.15, -0.1) is 0 Å². The largest absolute Gasteiger partial charge is 0.468 e. The second-order valence-electron chi connectivity index (χ2n) is 3.57. The van der Waals surface area contributed by atoms with Gasteiger partial charge in [-0.3, -0.25) is 14.9 Å². The number of carbonyl (C=O) groups is 1. The Kier molecular flexibility index (Phi) is 6.07. The maximum absolute atomic E-state index is 11.1. The van der Waals surface area contributed by atoms with Crippen molar-refractivity contribution in [1.29, 1.82) is 0 Å². The molecule has 1 rings (SSSR count). The zero-order valence-electron chi connectivity index (χ0n) is 10.7. The van der Waals surface area contributed by atoms with Crippen molar-refractivity contribution < 1.29 is 14.5 Å². The molecule has 0 bridgehead atoms. The minimum Gasteiger partial charge on any atom is -0.468 e. The summed E-state index contributed by atoms with van der Waals surface area (Å²) in [6.07, 6.45) is 0.920. The lowest BCUT2D eigenvalue weighted by molar-refractivity contribution is -0.388. The van der Waals surface area contributed by atoms with E-state index in [9.17, 15) is 14.9 Å². The number of thioether (sulfide) groups is 1. The van der Waals surface area contributed by atoms with Gasteiger partial charge >= 0.3 is 11.7 Å². The van der Waals surface area contributed by atoms with Crippen molar-refractivity contribution >= 4 is 29.2 Å². The Morgan fingerprint density at radius 2 is 2.32 bits per heavy atom. The number of aromatic nitrogens is 1. The highest BCUT2D eigenvalue weighted by Crippen LogP contribution is 2.28. The zero-order valence-corrected chi connectivity index (χ0v) is 11.5. The molecule has 0 saturated heterocycles. The summed E-state index contributed by atoms with van der Waals surface area (Å²) >= 11 is 0.988. The first-order chi connectivity index (χ1) is 9.08. The molecule has 8 heteroatoms. The highest BCUT2D eigenvalue weighted by Gasteiger charge is 2.17. The predicted molar refractivity (Wildman–Crippen MR) is 72.4 cm³/mol. The third-order valence-corrected chi connectivity index (χ3v) is 3.10. The van der Waals surface area contributed by atoms with Crippen LogP contribution >= 0.6 is 11.8 Å². The smallest absolute Gasteiger partial charge is 0.316 e. The van der Waals surface area contributed by atoms with Crippen LogP contribution in [0.25, 0.3) is 0 Å². The van der Waals surface area contributed by atoms with Crippen molar-refractivity contribution in [3.8, 4) is 0 Å². The molecule has 0 saturated carbocycles. The van der Waals surface area contributed by atoms with Crippen LogP contribution in [0.15, 0.2) is 17.2 Å². The Labute approximate surface area is 114 Å². The summed E-state index contributed by atoms with van der Waals surface area (Å²) in [4.78, 5) is 25.6. The molecular formula is C11H15N3O4S. The number of methoxy groups -OCH3 is 1. The Morgan fingerprint density at radius 3 is 2.89 bits per heavy atom. The third-order valence-electron chi connectivity index (χ3n) is 2.15. The first kappa shape index (κ1) is 15.2. The Morgan fingerprint density at radius 1 is 1.58 bits per heavy atom. The van der Waals surface area contributed by atoms with Gasteiger partial charge in [0.1, 0.15) is 5.82 Å². The van der Waals surface area contributed by atoms with Crippen molar-refractivity contribution in [3.63, 3.8) is 0 Å². The topological polar surface area (TPSA) is 94.4 Å². The number of carbonyl (C=O) groups excluding carboxylic acids is 1. The summed E-state index contributed by atoms with van der Waals surface area (Å²) < 4.78 is 4.49. The number of ether oxygens (including phenoxy) is 1. The average molecular weight is 285 g/mol. The molecule has 0 fully saturated rings. The molecular weight excluding hydrogens is 270 g/mol. The molecule has 1 N–H and O–H groups in total. The van der Waals surface area contributed by atoms with Crippen molar-refractivity contribution in [2.24, 2.45) is 0 Å². The molecule has 1 aromatic rings. The standard InChI is InChI=1S/C11H15N3O4S/c1-3-6-12-9-5-4-8(14(16)17)11(13-9)19-7-10(15)18-2/h4-5H,3,6-7H2,1-2H3,(H,12,13). The molecule has 0 atom stereocenters. The maximum Gasteiger partial charge on any atom is 0.316 e. The summed E-state index contributed by atoms with van der Waals surface area (Å²) in [5, 5.41) is 14.1. The fraction of sp³-hybridized carbons (Fsp3) is 0.455. The van der Waals surface area contributed by atoms with Gasteiger partial charge in [0.2, 0.25) is 0 Å². The quantitative estimate of drug-likeness (QED) is 0.354. The van der Waals surface area contributed by atoms with Crippen molar-refractivity contribution in [1.82, 2.24) is 4.98 Å². The Bertz CT molecular complexity index is 467. The molecule has 0 aliphatic heterocycles. The van der Waals surface area contributed by atoms with E-state index >= 15 is 0 Å². The summed E-state index contributed by atoms with van der Waals surface area (Å²) in [5.74, 6) is 0.0921. The van der Waals surface area contributed by atoms with Gasteiger partial charge in [0.25, 0.3) is 0 Å². The molecule has 19 heavy (non-hydrogen) atoms. The van der Waals surface area contributed by atoms with E-state index in [0.717, 1.165) is 24.7 Å². The van der Waals surface area contributed by atoms with Crippen molar-refractivity contribution in [3.05, 3.63) is 22.2 Å². The van der Waals surface area contributed by atoms with Crippen molar-refractivity contribution in [2.45, 2.75) is 18.4 Å². The number of nitro groups is 1. The molecule has 0 radical (unpaired) electrons. The van der Waals surface area contributed by atoms with Crippen LogP contribution in [0.3, 0.4) is 0 Å². The second-order valence-corrected chi connectivity index (χ2v) is 4.53. The predicted octanol–water partition coefficient (Wildman–Crippen LogP) is 2.08. The SMILES string of the molecule is CCCNc1ccc([N+](=O)[O-])c(SCC(=O)OC)n1. The van der Waals surface area contributed by atoms with Crippen LogP contribution in [0, 0.1) is 10.1 Å². The van der Waals surface area contributed by atoms with E-state index in [1.54, 1.807) is 6.07 Å². The Balaban J connectivity index is 2.88. The number of rotatable bonds is 7. The van der Waals surface area contributed by atoms with Gasteiger partial charge < -0.3 is 10.1 Å². The highest BCUT2D eigenvalue weighted by atomic mass is 32.2. The lowest BCUT2D eigenvalue weighted by Crippen LogP contribution is -2.06. The van der Waals surface area contributed by atoms with Gasteiger partial charge in [-0.25, -0.2) is 4.98 Å². The van der Waals surface area contributed by atoms with E-state index < -0.39 is 10.9 Å². The lowest BCUT2D eigenvalue weighted by atomic mass is 10.4. The molecule has 0 aliphatic rings. The van der Waals surface area contributed by atoms with Gasteiger partial charge in [0.15, 0.2) is 5.03 Å². The summed E-state index contributed by atoms with van der Waals surface area (Å²) in [5.41, 5.74) is -0.115. The van der Waals surface area contributed by atoms with Crippen LogP contribution in [0.5, 0.6) is 0 Å². The van der Waals surface area contributed by atoms with Gasteiger partial charge in [0, 0.05) is 12.6 Å². The first-order valence-electron chi connectivity index (χ1n) is 5.67.